The van der Waals surface area contributed by atoms with Crippen LogP contribution in [-0.4, -0.2) is 54.5 Å². The number of aryl methyl sites for hydroxylation is 1. The fraction of sp³-hybridized carbons (Fsp3) is 0.450. The lowest BCUT2D eigenvalue weighted by molar-refractivity contribution is -0.123. The fourth-order valence-corrected chi connectivity index (χ4v) is 5.04. The minimum absolute atomic E-state index is 0.0655. The van der Waals surface area contributed by atoms with Crippen molar-refractivity contribution in [2.75, 3.05) is 38.1 Å². The maximum Gasteiger partial charge on any atom is 0.241 e. The molecule has 0 N–H and O–H groups in total. The molecule has 1 aromatic carbocycles. The Balaban J connectivity index is 1.51. The van der Waals surface area contributed by atoms with Crippen molar-refractivity contribution in [2.45, 2.75) is 25.4 Å². The van der Waals surface area contributed by atoms with E-state index in [2.05, 4.69) is 35.9 Å². The highest BCUT2D eigenvalue weighted by Crippen LogP contribution is 2.34. The summed E-state index contributed by atoms with van der Waals surface area (Å²) in [7, 11) is 2.11. The molecule has 1 amide bonds. The summed E-state index contributed by atoms with van der Waals surface area (Å²) in [6, 6.07) is 14.5. The molecule has 0 radical (unpaired) electrons. The van der Waals surface area contributed by atoms with Crippen LogP contribution in [0.3, 0.4) is 0 Å². The van der Waals surface area contributed by atoms with Crippen LogP contribution in [0.15, 0.2) is 42.5 Å². The third-order valence-electron chi connectivity index (χ3n) is 5.59. The largest absolute Gasteiger partial charge is 0.309 e. The van der Waals surface area contributed by atoms with Crippen molar-refractivity contribution in [3.8, 4) is 0 Å². The number of amides is 1. The van der Waals surface area contributed by atoms with Gasteiger partial charge in [0.15, 0.2) is 0 Å². The fourth-order valence-electron chi connectivity index (χ4n) is 4.11. The smallest absolute Gasteiger partial charge is 0.241 e. The van der Waals surface area contributed by atoms with Crippen LogP contribution in [0.25, 0.3) is 0 Å². The predicted octanol–water partition coefficient (Wildman–Crippen LogP) is 2.98. The van der Waals surface area contributed by atoms with Gasteiger partial charge < -0.3 is 4.90 Å². The molecule has 1 atom stereocenters. The van der Waals surface area contributed by atoms with Crippen LogP contribution in [-0.2, 0) is 11.3 Å². The number of carbonyl (C=O) groups excluding carboxylic acids is 1. The van der Waals surface area contributed by atoms with E-state index in [1.54, 1.807) is 0 Å². The molecule has 4 rings (SSSR count). The van der Waals surface area contributed by atoms with Crippen molar-refractivity contribution in [2.24, 2.45) is 0 Å². The van der Waals surface area contributed by atoms with Crippen molar-refractivity contribution in [1.82, 2.24) is 9.80 Å². The van der Waals surface area contributed by atoms with Gasteiger partial charge in [-0.2, -0.15) is 0 Å². The Labute approximate surface area is 153 Å². The number of hydrogen-bond donors (Lipinski definition) is 0. The first-order chi connectivity index (χ1) is 12.1. The molecule has 3 heterocycles. The van der Waals surface area contributed by atoms with E-state index >= 15 is 0 Å². The normalized spacial score (nSPS) is 25.2. The topological polar surface area (TPSA) is 26.8 Å². The first-order valence-electron chi connectivity index (χ1n) is 8.90. The second kappa shape index (κ2) is 6.56. The van der Waals surface area contributed by atoms with E-state index in [-0.39, 0.29) is 11.4 Å². The van der Waals surface area contributed by atoms with Crippen molar-refractivity contribution in [3.63, 3.8) is 0 Å². The van der Waals surface area contributed by atoms with Gasteiger partial charge in [-0.1, -0.05) is 18.2 Å². The lowest BCUT2D eigenvalue weighted by Crippen LogP contribution is -2.64. The highest BCUT2D eigenvalue weighted by molar-refractivity contribution is 7.11. The molecule has 1 spiro atoms. The maximum absolute atomic E-state index is 12.6. The standard InChI is InChI=1S/C20H25N3OS/c1-16-8-9-18(25-16)12-22-11-10-20(14-22)15-23(19(24)13-21(20)2)17-6-4-3-5-7-17/h3-9H,10-15H2,1-2H3/t20-/m0/s1. The van der Waals surface area contributed by atoms with Crippen molar-refractivity contribution in [1.29, 1.82) is 0 Å². The molecule has 0 saturated carbocycles. The number of anilines is 1. The summed E-state index contributed by atoms with van der Waals surface area (Å²) in [4.78, 5) is 22.2. The Morgan fingerprint density at radius 3 is 2.64 bits per heavy atom. The quantitative estimate of drug-likeness (QED) is 0.847. The van der Waals surface area contributed by atoms with Crippen molar-refractivity contribution in [3.05, 3.63) is 52.2 Å². The van der Waals surface area contributed by atoms with Gasteiger partial charge in [0.2, 0.25) is 5.91 Å². The number of hydrogen-bond acceptors (Lipinski definition) is 4. The number of para-hydroxylation sites is 1. The molecule has 132 valence electrons. The Kier molecular flexibility index (Phi) is 4.40. The number of carbonyl (C=O) groups is 1. The van der Waals surface area contributed by atoms with E-state index in [9.17, 15) is 4.79 Å². The molecule has 2 aliphatic rings. The first-order valence-corrected chi connectivity index (χ1v) is 9.72. The van der Waals surface area contributed by atoms with Crippen LogP contribution in [0.4, 0.5) is 5.69 Å². The molecule has 4 nitrogen and oxygen atoms in total. The van der Waals surface area contributed by atoms with Crippen molar-refractivity contribution < 1.29 is 4.79 Å². The molecular formula is C20H25N3OS. The summed E-state index contributed by atoms with van der Waals surface area (Å²) in [5.41, 5.74) is 1.09. The van der Waals surface area contributed by atoms with Crippen LogP contribution >= 0.6 is 11.3 Å². The van der Waals surface area contributed by atoms with Gasteiger partial charge in [-0.3, -0.25) is 14.6 Å². The number of rotatable bonds is 3. The minimum Gasteiger partial charge on any atom is -0.309 e. The number of likely N-dealkylation sites (N-methyl/N-ethyl adjacent to an activating group) is 1. The lowest BCUT2D eigenvalue weighted by Gasteiger charge is -2.47. The van der Waals surface area contributed by atoms with Crippen LogP contribution in [0, 0.1) is 6.92 Å². The van der Waals surface area contributed by atoms with Crippen LogP contribution < -0.4 is 4.90 Å². The average molecular weight is 356 g/mol. The van der Waals surface area contributed by atoms with Crippen LogP contribution in [0.5, 0.6) is 0 Å². The first kappa shape index (κ1) is 16.8. The summed E-state index contributed by atoms with van der Waals surface area (Å²) in [5, 5.41) is 0. The van der Waals surface area contributed by atoms with E-state index in [0.717, 1.165) is 38.3 Å². The summed E-state index contributed by atoms with van der Waals surface area (Å²) >= 11 is 1.89. The number of piperazine rings is 1. The van der Waals surface area contributed by atoms with Gasteiger partial charge in [0.25, 0.3) is 0 Å². The van der Waals surface area contributed by atoms with E-state index < -0.39 is 0 Å². The number of thiophene rings is 1. The molecule has 0 aliphatic carbocycles. The van der Waals surface area contributed by atoms with Gasteiger partial charge in [-0.25, -0.2) is 0 Å². The second-order valence-corrected chi connectivity index (χ2v) is 8.74. The Hall–Kier alpha value is -1.69. The van der Waals surface area contributed by atoms with Crippen LogP contribution in [0.2, 0.25) is 0 Å². The van der Waals surface area contributed by atoms with E-state index in [4.69, 9.17) is 0 Å². The zero-order valence-corrected chi connectivity index (χ0v) is 15.8. The van der Waals surface area contributed by atoms with Crippen molar-refractivity contribution >= 4 is 22.9 Å². The highest BCUT2D eigenvalue weighted by atomic mass is 32.1. The Morgan fingerprint density at radius 1 is 1.12 bits per heavy atom. The van der Waals surface area contributed by atoms with Gasteiger partial charge in [0.05, 0.1) is 12.1 Å². The molecule has 0 unspecified atom stereocenters. The van der Waals surface area contributed by atoms with E-state index in [1.165, 1.54) is 9.75 Å². The zero-order valence-electron chi connectivity index (χ0n) is 14.9. The summed E-state index contributed by atoms with van der Waals surface area (Å²) in [5.74, 6) is 0.201. The summed E-state index contributed by atoms with van der Waals surface area (Å²) in [6.45, 7) is 6.59. The molecule has 2 fully saturated rings. The third kappa shape index (κ3) is 3.24. The monoisotopic (exact) mass is 355 g/mol. The summed E-state index contributed by atoms with van der Waals surface area (Å²) < 4.78 is 0. The van der Waals surface area contributed by atoms with Gasteiger partial charge in [-0.15, -0.1) is 11.3 Å². The summed E-state index contributed by atoms with van der Waals surface area (Å²) in [6.07, 6.45) is 1.12. The molecule has 2 saturated heterocycles. The average Bonchev–Trinajstić information content (AvgIpc) is 3.20. The molecular weight excluding hydrogens is 330 g/mol. The van der Waals surface area contributed by atoms with Crippen LogP contribution in [0.1, 0.15) is 16.2 Å². The molecule has 0 bridgehead atoms. The SMILES string of the molecule is Cc1ccc(CN2CC[C@]3(C2)CN(c2ccccc2)C(=O)CN3C)s1. The van der Waals surface area contributed by atoms with Gasteiger partial charge >= 0.3 is 0 Å². The molecule has 2 aromatic rings. The number of benzene rings is 1. The molecule has 25 heavy (non-hydrogen) atoms. The number of likely N-dealkylation sites (tertiary alicyclic amines) is 1. The zero-order chi connectivity index (χ0) is 17.4. The van der Waals surface area contributed by atoms with E-state index in [1.807, 2.05) is 46.6 Å². The van der Waals surface area contributed by atoms with E-state index in [0.29, 0.717) is 6.54 Å². The molecule has 5 heteroatoms. The van der Waals surface area contributed by atoms with Gasteiger partial charge in [0.1, 0.15) is 0 Å². The third-order valence-corrected chi connectivity index (χ3v) is 6.58. The van der Waals surface area contributed by atoms with Gasteiger partial charge in [0, 0.05) is 41.6 Å². The minimum atomic E-state index is 0.0655. The highest BCUT2D eigenvalue weighted by Gasteiger charge is 2.47. The maximum atomic E-state index is 12.6. The predicted molar refractivity (Wildman–Crippen MR) is 103 cm³/mol. The second-order valence-electron chi connectivity index (χ2n) is 7.37. The number of nitrogens with zero attached hydrogens (tertiary/aromatic N) is 3. The van der Waals surface area contributed by atoms with Gasteiger partial charge in [-0.05, 0) is 44.7 Å². The molecule has 2 aliphatic heterocycles. The lowest BCUT2D eigenvalue weighted by atomic mass is 9.92. The Morgan fingerprint density at radius 2 is 1.92 bits per heavy atom. The Bertz CT molecular complexity index is 759. The molecule has 1 aromatic heterocycles.